The van der Waals surface area contributed by atoms with Gasteiger partial charge in [0.1, 0.15) is 5.84 Å². The molecule has 0 fully saturated rings. The smallest absolute Gasteiger partial charge is 0.128 e. The van der Waals surface area contributed by atoms with E-state index in [0.29, 0.717) is 0 Å². The molecule has 0 saturated carbocycles. The largest absolute Gasteiger partial charge is 0.397 e. The van der Waals surface area contributed by atoms with E-state index in [9.17, 15) is 0 Å². The van der Waals surface area contributed by atoms with Crippen LogP contribution in [0, 0.1) is 0 Å². The van der Waals surface area contributed by atoms with Gasteiger partial charge in [0.25, 0.3) is 0 Å². The van der Waals surface area contributed by atoms with E-state index in [2.05, 4.69) is 22.4 Å². The van der Waals surface area contributed by atoms with Crippen LogP contribution in [0.2, 0.25) is 0 Å². The number of rotatable bonds is 1. The minimum Gasteiger partial charge on any atom is -0.397 e. The Labute approximate surface area is 84.5 Å². The second-order valence-electron chi connectivity index (χ2n) is 2.84. The maximum absolute atomic E-state index is 7.57. The van der Waals surface area contributed by atoms with Crippen LogP contribution in [0.15, 0.2) is 35.3 Å². The van der Waals surface area contributed by atoms with Gasteiger partial charge in [-0.1, -0.05) is 30.3 Å². The molecule has 1 aromatic rings. The molecule has 0 aromatic heterocycles. The monoisotopic (exact) mass is 192 g/mol. The first-order valence-corrected chi connectivity index (χ1v) is 4.83. The third-order valence-electron chi connectivity index (χ3n) is 1.72. The van der Waals surface area contributed by atoms with Gasteiger partial charge in [-0.3, -0.25) is 4.99 Å². The number of aliphatic hydroxyl groups excluding tert-OH is 1. The van der Waals surface area contributed by atoms with Crippen molar-refractivity contribution in [2.24, 2.45) is 4.99 Å². The number of amidine groups is 1. The van der Waals surface area contributed by atoms with Crippen LogP contribution >= 0.6 is 0 Å². The standard InChI is InChI=1S/C9H10N2.C2H6O/c1-2-4-8(5-3-1)9-10-6-7-11-9;1-2-3/h1-5H,6-7H2,(H,10,11);3H,2H2,1H3. The van der Waals surface area contributed by atoms with Crippen molar-refractivity contribution in [3.05, 3.63) is 35.9 Å². The lowest BCUT2D eigenvalue weighted by atomic mass is 10.2. The number of aliphatic hydroxyl groups is 1. The molecule has 1 aromatic carbocycles. The topological polar surface area (TPSA) is 44.6 Å². The third-order valence-corrected chi connectivity index (χ3v) is 1.72. The molecule has 76 valence electrons. The van der Waals surface area contributed by atoms with Crippen LogP contribution in [0.4, 0.5) is 0 Å². The Hall–Kier alpha value is -1.35. The summed E-state index contributed by atoms with van der Waals surface area (Å²) in [5.41, 5.74) is 1.19. The van der Waals surface area contributed by atoms with E-state index in [1.54, 1.807) is 6.92 Å². The zero-order chi connectivity index (χ0) is 10.2. The van der Waals surface area contributed by atoms with Gasteiger partial charge >= 0.3 is 0 Å². The molecule has 0 radical (unpaired) electrons. The molecule has 3 nitrogen and oxygen atoms in total. The van der Waals surface area contributed by atoms with Crippen LogP contribution in [-0.4, -0.2) is 30.6 Å². The molecular weight excluding hydrogens is 176 g/mol. The highest BCUT2D eigenvalue weighted by molar-refractivity contribution is 5.99. The van der Waals surface area contributed by atoms with Crippen LogP contribution in [0.25, 0.3) is 0 Å². The normalized spacial score (nSPS) is 13.7. The summed E-state index contributed by atoms with van der Waals surface area (Å²) in [7, 11) is 0. The average molecular weight is 192 g/mol. The summed E-state index contributed by atoms with van der Waals surface area (Å²) in [6.07, 6.45) is 0. The highest BCUT2D eigenvalue weighted by Gasteiger charge is 2.05. The lowest BCUT2D eigenvalue weighted by molar-refractivity contribution is 0.318. The van der Waals surface area contributed by atoms with E-state index in [4.69, 9.17) is 5.11 Å². The van der Waals surface area contributed by atoms with Crippen molar-refractivity contribution in [2.75, 3.05) is 19.7 Å². The predicted octanol–water partition coefficient (Wildman–Crippen LogP) is 1.03. The minimum atomic E-state index is 0.250. The molecule has 0 spiro atoms. The first-order valence-electron chi connectivity index (χ1n) is 4.83. The van der Waals surface area contributed by atoms with Gasteiger partial charge in [-0.25, -0.2) is 0 Å². The fraction of sp³-hybridized carbons (Fsp3) is 0.364. The number of nitrogens with one attached hydrogen (secondary N) is 1. The van der Waals surface area contributed by atoms with Gasteiger partial charge in [0.2, 0.25) is 0 Å². The van der Waals surface area contributed by atoms with Crippen LogP contribution < -0.4 is 5.32 Å². The van der Waals surface area contributed by atoms with Gasteiger partial charge in [0, 0.05) is 18.7 Å². The second-order valence-corrected chi connectivity index (χ2v) is 2.84. The average Bonchev–Trinajstić information content (AvgIpc) is 2.73. The molecule has 3 heteroatoms. The SMILES string of the molecule is CCO.c1ccc(C2=NCCN2)cc1. The molecule has 0 bridgehead atoms. The lowest BCUT2D eigenvalue weighted by Crippen LogP contribution is -2.19. The summed E-state index contributed by atoms with van der Waals surface area (Å²) in [5, 5.41) is 10.8. The summed E-state index contributed by atoms with van der Waals surface area (Å²) in [4.78, 5) is 4.31. The Balaban J connectivity index is 0.000000293. The number of aliphatic imine (C=N–C) groups is 1. The van der Waals surface area contributed by atoms with Crippen molar-refractivity contribution in [3.8, 4) is 0 Å². The number of benzene rings is 1. The molecule has 2 rings (SSSR count). The first-order chi connectivity index (χ1) is 6.88. The fourth-order valence-electron chi connectivity index (χ4n) is 1.19. The van der Waals surface area contributed by atoms with Gasteiger partial charge in [-0.05, 0) is 6.92 Å². The van der Waals surface area contributed by atoms with Crippen LogP contribution in [0.1, 0.15) is 12.5 Å². The summed E-state index contributed by atoms with van der Waals surface area (Å²) < 4.78 is 0. The molecule has 0 saturated heterocycles. The van der Waals surface area contributed by atoms with Gasteiger partial charge in [-0.15, -0.1) is 0 Å². The first kappa shape index (κ1) is 10.7. The van der Waals surface area contributed by atoms with E-state index in [1.807, 2.05) is 18.2 Å². The van der Waals surface area contributed by atoms with Gasteiger partial charge in [0.05, 0.1) is 6.54 Å². The molecular formula is C11H16N2O. The lowest BCUT2D eigenvalue weighted by Gasteiger charge is -1.99. The molecule has 0 atom stereocenters. The van der Waals surface area contributed by atoms with E-state index in [0.717, 1.165) is 18.9 Å². The Morgan fingerprint density at radius 2 is 2.00 bits per heavy atom. The van der Waals surface area contributed by atoms with E-state index >= 15 is 0 Å². The number of hydrogen-bond donors (Lipinski definition) is 2. The van der Waals surface area contributed by atoms with Crippen molar-refractivity contribution in [1.29, 1.82) is 0 Å². The van der Waals surface area contributed by atoms with Crippen LogP contribution in [-0.2, 0) is 0 Å². The number of nitrogens with zero attached hydrogens (tertiary/aromatic N) is 1. The summed E-state index contributed by atoms with van der Waals surface area (Å²) in [6, 6.07) is 10.2. The van der Waals surface area contributed by atoms with Crippen molar-refractivity contribution >= 4 is 5.84 Å². The molecule has 0 amide bonds. The van der Waals surface area contributed by atoms with Crippen molar-refractivity contribution in [2.45, 2.75) is 6.92 Å². The molecule has 1 aliphatic rings. The molecule has 0 unspecified atom stereocenters. The van der Waals surface area contributed by atoms with Crippen LogP contribution in [0.5, 0.6) is 0 Å². The van der Waals surface area contributed by atoms with E-state index < -0.39 is 0 Å². The Kier molecular flexibility index (Phi) is 4.72. The third kappa shape index (κ3) is 3.18. The zero-order valence-electron chi connectivity index (χ0n) is 8.40. The van der Waals surface area contributed by atoms with E-state index in [1.165, 1.54) is 5.56 Å². The summed E-state index contributed by atoms with van der Waals surface area (Å²) >= 11 is 0. The summed E-state index contributed by atoms with van der Waals surface area (Å²) in [6.45, 7) is 3.81. The maximum atomic E-state index is 7.57. The predicted molar refractivity (Wildman–Crippen MR) is 58.6 cm³/mol. The quantitative estimate of drug-likeness (QED) is 0.698. The molecule has 14 heavy (non-hydrogen) atoms. The van der Waals surface area contributed by atoms with Crippen molar-refractivity contribution in [1.82, 2.24) is 5.32 Å². The maximum Gasteiger partial charge on any atom is 0.128 e. The Morgan fingerprint density at radius 3 is 2.50 bits per heavy atom. The van der Waals surface area contributed by atoms with Crippen molar-refractivity contribution in [3.63, 3.8) is 0 Å². The second kappa shape index (κ2) is 6.16. The highest BCUT2D eigenvalue weighted by atomic mass is 16.2. The molecule has 1 heterocycles. The molecule has 1 aliphatic heterocycles. The van der Waals surface area contributed by atoms with Crippen LogP contribution in [0.3, 0.4) is 0 Å². The Morgan fingerprint density at radius 1 is 1.36 bits per heavy atom. The minimum absolute atomic E-state index is 0.250. The van der Waals surface area contributed by atoms with E-state index in [-0.39, 0.29) is 6.61 Å². The Bertz CT molecular complexity index is 283. The molecule has 0 aliphatic carbocycles. The summed E-state index contributed by atoms with van der Waals surface area (Å²) in [5.74, 6) is 1.03. The van der Waals surface area contributed by atoms with Gasteiger partial charge in [-0.2, -0.15) is 0 Å². The fourth-order valence-corrected chi connectivity index (χ4v) is 1.19. The number of hydrogen-bond acceptors (Lipinski definition) is 3. The van der Waals surface area contributed by atoms with Gasteiger partial charge in [0.15, 0.2) is 0 Å². The van der Waals surface area contributed by atoms with Crippen molar-refractivity contribution < 1.29 is 5.11 Å². The van der Waals surface area contributed by atoms with Gasteiger partial charge < -0.3 is 10.4 Å². The molecule has 2 N–H and O–H groups in total. The zero-order valence-corrected chi connectivity index (χ0v) is 8.40. The highest BCUT2D eigenvalue weighted by Crippen LogP contribution is 2.01.